The van der Waals surface area contributed by atoms with Gasteiger partial charge in [0.15, 0.2) is 0 Å². The van der Waals surface area contributed by atoms with E-state index in [1.165, 1.54) is 5.56 Å². The minimum absolute atomic E-state index is 0.258. The molecule has 0 bridgehead atoms. The molecule has 14 heavy (non-hydrogen) atoms. The Kier molecular flexibility index (Phi) is 2.63. The highest BCUT2D eigenvalue weighted by Gasteiger charge is 2.12. The first-order chi connectivity index (χ1) is 6.88. The monoisotopic (exact) mass is 186 g/mol. The molecule has 1 aliphatic rings. The van der Waals surface area contributed by atoms with Crippen molar-refractivity contribution >= 4 is 5.84 Å². The van der Waals surface area contributed by atoms with E-state index >= 15 is 0 Å². The topological polar surface area (TPSA) is 24.4 Å². The van der Waals surface area contributed by atoms with E-state index in [4.69, 9.17) is 0 Å². The Bertz CT molecular complexity index is 341. The third-order valence-corrected chi connectivity index (χ3v) is 2.32. The molecule has 0 radical (unpaired) electrons. The first kappa shape index (κ1) is 9.00. The van der Waals surface area contributed by atoms with Gasteiger partial charge in [-0.15, -0.1) is 6.58 Å². The third kappa shape index (κ3) is 2.02. The molecule has 1 aromatic rings. The zero-order chi connectivity index (χ0) is 9.80. The molecule has 2 rings (SSSR count). The second-order valence-corrected chi connectivity index (χ2v) is 3.42. The van der Waals surface area contributed by atoms with E-state index in [0.717, 1.165) is 18.8 Å². The summed E-state index contributed by atoms with van der Waals surface area (Å²) in [4.78, 5) is 4.49. The van der Waals surface area contributed by atoms with Gasteiger partial charge in [0.1, 0.15) is 5.84 Å². The minimum atomic E-state index is 0.258. The van der Waals surface area contributed by atoms with Crippen LogP contribution in [0.3, 0.4) is 0 Å². The van der Waals surface area contributed by atoms with Gasteiger partial charge >= 0.3 is 0 Å². The molecular weight excluding hydrogens is 172 g/mol. The molecule has 0 saturated heterocycles. The summed E-state index contributed by atoms with van der Waals surface area (Å²) >= 11 is 0. The Morgan fingerprint density at radius 1 is 1.43 bits per heavy atom. The molecule has 0 amide bonds. The Morgan fingerprint density at radius 3 is 2.86 bits per heavy atom. The van der Waals surface area contributed by atoms with Crippen molar-refractivity contribution in [1.29, 1.82) is 0 Å². The molecule has 0 aromatic heterocycles. The van der Waals surface area contributed by atoms with Gasteiger partial charge in [-0.1, -0.05) is 36.4 Å². The Labute approximate surface area is 84.4 Å². The van der Waals surface area contributed by atoms with Gasteiger partial charge in [0.2, 0.25) is 0 Å². The van der Waals surface area contributed by atoms with Crippen molar-refractivity contribution in [2.24, 2.45) is 4.99 Å². The van der Waals surface area contributed by atoms with Crippen molar-refractivity contribution in [3.05, 3.63) is 48.6 Å². The zero-order valence-electron chi connectivity index (χ0n) is 8.11. The maximum Gasteiger partial charge on any atom is 0.102 e. The molecule has 1 N–H and O–H groups in total. The van der Waals surface area contributed by atoms with Gasteiger partial charge in [-0.05, 0) is 5.56 Å². The standard InChI is InChI=1S/C12H14N2/c1-2-11-9-13-12(14-11)8-10-6-4-3-5-7-10/h2-7,11H,1,8-9H2,(H,13,14). The molecule has 1 atom stereocenters. The van der Waals surface area contributed by atoms with Crippen molar-refractivity contribution in [2.45, 2.75) is 12.5 Å². The second kappa shape index (κ2) is 4.09. The number of rotatable bonds is 3. The number of hydrogen-bond donors (Lipinski definition) is 1. The van der Waals surface area contributed by atoms with Crippen molar-refractivity contribution in [3.63, 3.8) is 0 Å². The molecular formula is C12H14N2. The molecule has 1 unspecified atom stereocenters. The van der Waals surface area contributed by atoms with Gasteiger partial charge in [0, 0.05) is 13.0 Å². The van der Waals surface area contributed by atoms with Gasteiger partial charge in [-0.2, -0.15) is 0 Å². The van der Waals surface area contributed by atoms with Crippen LogP contribution in [0.2, 0.25) is 0 Å². The summed E-state index contributed by atoms with van der Waals surface area (Å²) in [5.74, 6) is 1.07. The van der Waals surface area contributed by atoms with E-state index in [1.54, 1.807) is 0 Å². The molecule has 72 valence electrons. The van der Waals surface area contributed by atoms with Crippen LogP contribution in [0.5, 0.6) is 0 Å². The smallest absolute Gasteiger partial charge is 0.102 e. The van der Waals surface area contributed by atoms with Gasteiger partial charge in [0.05, 0.1) is 6.04 Å². The lowest BCUT2D eigenvalue weighted by molar-refractivity contribution is 0.833. The summed E-state index contributed by atoms with van der Waals surface area (Å²) in [7, 11) is 0. The van der Waals surface area contributed by atoms with E-state index in [0.29, 0.717) is 0 Å². The van der Waals surface area contributed by atoms with Crippen LogP contribution >= 0.6 is 0 Å². The largest absolute Gasteiger partial charge is 0.371 e. The summed E-state index contributed by atoms with van der Waals surface area (Å²) < 4.78 is 0. The summed E-state index contributed by atoms with van der Waals surface area (Å²) in [6, 6.07) is 10.6. The Balaban J connectivity index is 2.03. The van der Waals surface area contributed by atoms with Crippen LogP contribution in [0.4, 0.5) is 0 Å². The fourth-order valence-corrected chi connectivity index (χ4v) is 1.55. The normalized spacial score (nSPS) is 20.0. The van der Waals surface area contributed by atoms with Crippen molar-refractivity contribution in [1.82, 2.24) is 5.32 Å². The molecule has 1 aromatic carbocycles. The number of amidine groups is 1. The Hall–Kier alpha value is -1.57. The Morgan fingerprint density at radius 2 is 2.21 bits per heavy atom. The van der Waals surface area contributed by atoms with Gasteiger partial charge < -0.3 is 5.32 Å². The summed E-state index contributed by atoms with van der Waals surface area (Å²) in [6.07, 6.45) is 2.77. The lowest BCUT2D eigenvalue weighted by atomic mass is 10.1. The SMILES string of the molecule is C=CC1CNC(Cc2ccccc2)=N1. The van der Waals surface area contributed by atoms with E-state index < -0.39 is 0 Å². The number of nitrogens with one attached hydrogen (secondary N) is 1. The lowest BCUT2D eigenvalue weighted by Crippen LogP contribution is -2.21. The van der Waals surface area contributed by atoms with Crippen LogP contribution in [0.1, 0.15) is 5.56 Å². The van der Waals surface area contributed by atoms with E-state index in [9.17, 15) is 0 Å². The summed E-state index contributed by atoms with van der Waals surface area (Å²) in [5.41, 5.74) is 1.29. The van der Waals surface area contributed by atoms with Gasteiger partial charge in [0.25, 0.3) is 0 Å². The molecule has 0 spiro atoms. The average molecular weight is 186 g/mol. The highest BCUT2D eigenvalue weighted by atomic mass is 15.1. The predicted octanol–water partition coefficient (Wildman–Crippen LogP) is 1.79. The highest BCUT2D eigenvalue weighted by molar-refractivity contribution is 5.86. The summed E-state index contributed by atoms with van der Waals surface area (Å²) in [5, 5.41) is 3.28. The van der Waals surface area contributed by atoms with Crippen LogP contribution in [0.15, 0.2) is 48.0 Å². The van der Waals surface area contributed by atoms with Gasteiger partial charge in [-0.25, -0.2) is 0 Å². The second-order valence-electron chi connectivity index (χ2n) is 3.42. The molecule has 0 saturated carbocycles. The van der Waals surface area contributed by atoms with Gasteiger partial charge in [-0.3, -0.25) is 4.99 Å². The molecule has 1 aliphatic heterocycles. The molecule has 0 fully saturated rings. The maximum atomic E-state index is 4.49. The molecule has 0 aliphatic carbocycles. The van der Waals surface area contributed by atoms with Crippen LogP contribution < -0.4 is 5.32 Å². The summed E-state index contributed by atoms with van der Waals surface area (Å²) in [6.45, 7) is 4.63. The fraction of sp³-hybridized carbons (Fsp3) is 0.250. The minimum Gasteiger partial charge on any atom is -0.371 e. The predicted molar refractivity (Wildman–Crippen MR) is 59.6 cm³/mol. The first-order valence-electron chi connectivity index (χ1n) is 4.85. The van der Waals surface area contributed by atoms with E-state index in [1.807, 2.05) is 12.1 Å². The lowest BCUT2D eigenvalue weighted by Gasteiger charge is -2.00. The molecule has 2 nitrogen and oxygen atoms in total. The number of nitrogens with zero attached hydrogens (tertiary/aromatic N) is 1. The third-order valence-electron chi connectivity index (χ3n) is 2.32. The quantitative estimate of drug-likeness (QED) is 0.715. The number of benzene rings is 1. The van der Waals surface area contributed by atoms with E-state index in [2.05, 4.69) is 41.2 Å². The number of hydrogen-bond acceptors (Lipinski definition) is 2. The van der Waals surface area contributed by atoms with Crippen molar-refractivity contribution in [3.8, 4) is 0 Å². The maximum absolute atomic E-state index is 4.49. The van der Waals surface area contributed by atoms with Crippen LogP contribution in [0, 0.1) is 0 Å². The highest BCUT2D eigenvalue weighted by Crippen LogP contribution is 2.05. The van der Waals surface area contributed by atoms with Crippen LogP contribution in [0.25, 0.3) is 0 Å². The van der Waals surface area contributed by atoms with Crippen LogP contribution in [-0.4, -0.2) is 18.4 Å². The molecule has 1 heterocycles. The number of aliphatic imine (C=N–C) groups is 1. The van der Waals surface area contributed by atoms with Crippen molar-refractivity contribution in [2.75, 3.05) is 6.54 Å². The fourth-order valence-electron chi connectivity index (χ4n) is 1.55. The van der Waals surface area contributed by atoms with Crippen molar-refractivity contribution < 1.29 is 0 Å². The molecule has 2 heteroatoms. The first-order valence-corrected chi connectivity index (χ1v) is 4.85. The zero-order valence-corrected chi connectivity index (χ0v) is 8.11. The van der Waals surface area contributed by atoms with E-state index in [-0.39, 0.29) is 6.04 Å². The average Bonchev–Trinajstić information content (AvgIpc) is 2.67. The van der Waals surface area contributed by atoms with Crippen LogP contribution in [-0.2, 0) is 6.42 Å².